The molecule has 1 aliphatic heterocycles. The van der Waals surface area contributed by atoms with Crippen LogP contribution < -0.4 is 5.01 Å². The Morgan fingerprint density at radius 3 is 2.28 bits per heavy atom. The van der Waals surface area contributed by atoms with Gasteiger partial charge in [-0.25, -0.2) is 12.1 Å². The van der Waals surface area contributed by atoms with Gasteiger partial charge < -0.3 is 10.4 Å². The fourth-order valence-electron chi connectivity index (χ4n) is 2.81. The zero-order valence-electron chi connectivity index (χ0n) is 15.5. The van der Waals surface area contributed by atoms with E-state index in [9.17, 15) is 0 Å². The molecule has 0 unspecified atom stereocenters. The van der Waals surface area contributed by atoms with Gasteiger partial charge in [-0.05, 0) is 29.2 Å². The first kappa shape index (κ1) is 20.6. The summed E-state index contributed by atoms with van der Waals surface area (Å²) >= 11 is 1.66. The Balaban J connectivity index is 0.000000352. The number of anilines is 1. The molecular weight excluding hydrogens is 416 g/mol. The number of thiophene rings is 1. The molecule has 1 aliphatic carbocycles. The zero-order valence-corrected chi connectivity index (χ0v) is 17.5. The molecule has 3 aromatic rings. The molecule has 1 aromatic heterocycles. The maximum atomic E-state index is 4.56. The smallest absolute Gasteiger partial charge is 0.595 e. The van der Waals surface area contributed by atoms with Gasteiger partial charge >= 0.3 is 17.1 Å². The number of allylic oxidation sites excluding steroid dienone is 6. The minimum atomic E-state index is 0. The fraction of sp³-hybridized carbons (Fsp3) is 0. The van der Waals surface area contributed by atoms with Crippen molar-refractivity contribution in [2.75, 3.05) is 5.01 Å². The van der Waals surface area contributed by atoms with Crippen molar-refractivity contribution in [3.8, 4) is 11.8 Å². The fourth-order valence-corrected chi connectivity index (χ4v) is 3.40. The summed E-state index contributed by atoms with van der Waals surface area (Å²) in [5.41, 5.74) is 9.73. The Bertz CT molecular complexity index is 1050. The maximum Gasteiger partial charge on any atom is 2.00 e. The van der Waals surface area contributed by atoms with Gasteiger partial charge in [-0.1, -0.05) is 54.3 Å². The van der Waals surface area contributed by atoms with Crippen molar-refractivity contribution in [3.63, 3.8) is 0 Å². The molecule has 0 radical (unpaired) electrons. The van der Waals surface area contributed by atoms with Crippen LogP contribution in [0, 0.1) is 11.8 Å². The summed E-state index contributed by atoms with van der Waals surface area (Å²) in [5, 5.41) is 6.04. The molecule has 0 spiro atoms. The largest absolute Gasteiger partial charge is 2.00 e. The standard InChI is InChI=1S/C20H13N2S.C5H5.Fe/c1-2-8-19(9-3-1)22-20(17-6-4-5-7-17)18(14-21-22)11-10-16-12-13-23-15-16;1-2-4-5-3-1;/h1-9,12-15H;1-5H;/q2*-1;+2. The van der Waals surface area contributed by atoms with E-state index in [2.05, 4.69) is 46.9 Å². The van der Waals surface area contributed by atoms with Crippen molar-refractivity contribution in [2.45, 2.75) is 0 Å². The Kier molecular flexibility index (Phi) is 7.44. The third kappa shape index (κ3) is 5.25. The van der Waals surface area contributed by atoms with Crippen molar-refractivity contribution in [1.82, 2.24) is 0 Å². The van der Waals surface area contributed by atoms with E-state index in [0.717, 1.165) is 28.1 Å². The van der Waals surface area contributed by atoms with Gasteiger partial charge in [0.25, 0.3) is 0 Å². The number of para-hydroxylation sites is 1. The van der Waals surface area contributed by atoms with Crippen LogP contribution in [0.2, 0.25) is 0 Å². The summed E-state index contributed by atoms with van der Waals surface area (Å²) < 4.78 is 0. The molecule has 0 fully saturated rings. The van der Waals surface area contributed by atoms with Crippen LogP contribution in [-0.2, 0) is 17.1 Å². The molecule has 5 rings (SSSR count). The van der Waals surface area contributed by atoms with Gasteiger partial charge in [-0.3, -0.25) is 0 Å². The van der Waals surface area contributed by atoms with E-state index in [4.69, 9.17) is 0 Å². The van der Waals surface area contributed by atoms with Crippen LogP contribution in [0.1, 0.15) is 5.56 Å². The van der Waals surface area contributed by atoms with Crippen LogP contribution in [0.15, 0.2) is 125 Å². The van der Waals surface area contributed by atoms with Crippen molar-refractivity contribution < 1.29 is 17.1 Å². The van der Waals surface area contributed by atoms with Crippen LogP contribution in [0.4, 0.5) is 5.69 Å². The minimum absolute atomic E-state index is 0. The maximum absolute atomic E-state index is 4.56. The van der Waals surface area contributed by atoms with Crippen LogP contribution in [-0.4, -0.2) is 0 Å². The van der Waals surface area contributed by atoms with Crippen molar-refractivity contribution >= 4 is 17.0 Å². The second-order valence-electron chi connectivity index (χ2n) is 6.05. The van der Waals surface area contributed by atoms with Gasteiger partial charge in [0.15, 0.2) is 0 Å². The molecule has 2 nitrogen and oxygen atoms in total. The molecule has 0 N–H and O–H groups in total. The Morgan fingerprint density at radius 2 is 1.66 bits per heavy atom. The number of rotatable bonds is 1. The number of hydrogen-bond acceptors (Lipinski definition) is 2. The predicted molar refractivity (Wildman–Crippen MR) is 119 cm³/mol. The Labute approximate surface area is 186 Å². The molecule has 2 aromatic carbocycles. The average molecular weight is 434 g/mol. The summed E-state index contributed by atoms with van der Waals surface area (Å²) in [6.45, 7) is 0. The van der Waals surface area contributed by atoms with Crippen molar-refractivity contribution in [3.05, 3.63) is 136 Å². The molecule has 0 amide bonds. The second-order valence-corrected chi connectivity index (χ2v) is 6.83. The second kappa shape index (κ2) is 10.5. The summed E-state index contributed by atoms with van der Waals surface area (Å²) in [5.74, 6) is 6.48. The van der Waals surface area contributed by atoms with Gasteiger partial charge in [-0.15, -0.1) is 6.20 Å². The number of nitrogens with zero attached hydrogens (tertiary/aromatic N) is 2. The van der Waals surface area contributed by atoms with Crippen molar-refractivity contribution in [1.29, 1.82) is 0 Å². The quantitative estimate of drug-likeness (QED) is 0.240. The van der Waals surface area contributed by atoms with Crippen LogP contribution in [0.5, 0.6) is 0 Å². The summed E-state index contributed by atoms with van der Waals surface area (Å²) in [7, 11) is 0. The third-order valence-electron chi connectivity index (χ3n) is 4.12. The molecule has 4 heteroatoms. The first-order chi connectivity index (χ1) is 13.9. The zero-order chi connectivity index (χ0) is 19.0. The SMILES string of the molecule is C(#Cc1ccsc1)C1=C[N-]N(c2ccccc2)C1=C1C=CC=C1.[Fe+2].c1cc[cH-]c1. The topological polar surface area (TPSA) is 17.3 Å². The molecule has 0 saturated carbocycles. The van der Waals surface area contributed by atoms with E-state index >= 15 is 0 Å². The van der Waals surface area contributed by atoms with Gasteiger partial charge in [0.1, 0.15) is 0 Å². The summed E-state index contributed by atoms with van der Waals surface area (Å²) in [4.78, 5) is 0. The van der Waals surface area contributed by atoms with Crippen LogP contribution in [0.25, 0.3) is 5.43 Å². The number of hydrogen-bond donors (Lipinski definition) is 0. The normalized spacial score (nSPS) is 13.7. The molecule has 0 bridgehead atoms. The van der Waals surface area contributed by atoms with E-state index in [-0.39, 0.29) is 17.1 Å². The van der Waals surface area contributed by atoms with Gasteiger partial charge in [-0.2, -0.15) is 29.5 Å². The van der Waals surface area contributed by atoms with Gasteiger partial charge in [0.05, 0.1) is 0 Å². The first-order valence-electron chi connectivity index (χ1n) is 8.98. The van der Waals surface area contributed by atoms with E-state index in [1.54, 1.807) is 11.3 Å². The molecule has 2 aliphatic rings. The van der Waals surface area contributed by atoms with E-state index in [1.807, 2.05) is 83.3 Å². The summed E-state index contributed by atoms with van der Waals surface area (Å²) in [6.07, 6.45) is 10.1. The van der Waals surface area contributed by atoms with Gasteiger partial charge in [0, 0.05) is 27.9 Å². The molecule has 29 heavy (non-hydrogen) atoms. The van der Waals surface area contributed by atoms with E-state index in [1.165, 1.54) is 0 Å². The number of benzene rings is 1. The van der Waals surface area contributed by atoms with Gasteiger partial charge in [0.2, 0.25) is 0 Å². The van der Waals surface area contributed by atoms with Crippen LogP contribution >= 0.6 is 11.3 Å². The van der Waals surface area contributed by atoms with Crippen molar-refractivity contribution in [2.24, 2.45) is 0 Å². The monoisotopic (exact) mass is 434 g/mol. The minimum Gasteiger partial charge on any atom is -0.595 e. The Hall–Kier alpha value is -3.09. The molecule has 142 valence electrons. The third-order valence-corrected chi connectivity index (χ3v) is 4.81. The molecular formula is C25H18FeN2S. The predicted octanol–water partition coefficient (Wildman–Crippen LogP) is 6.58. The molecule has 2 heterocycles. The average Bonchev–Trinajstić information content (AvgIpc) is 3.55. The first-order valence-corrected chi connectivity index (χ1v) is 9.92. The molecule has 0 saturated heterocycles. The molecule has 0 atom stereocenters. The van der Waals surface area contributed by atoms with Crippen LogP contribution in [0.3, 0.4) is 0 Å². The Morgan fingerprint density at radius 1 is 0.897 bits per heavy atom. The summed E-state index contributed by atoms with van der Waals surface area (Å²) in [6, 6.07) is 22.2. The van der Waals surface area contributed by atoms with E-state index < -0.39 is 0 Å². The van der Waals surface area contributed by atoms with E-state index in [0.29, 0.717) is 0 Å².